The van der Waals surface area contributed by atoms with E-state index in [1.165, 1.54) is 99.0 Å². The van der Waals surface area contributed by atoms with E-state index in [1.807, 2.05) is 0 Å². The zero-order chi connectivity index (χ0) is 28.1. The van der Waals surface area contributed by atoms with Crippen LogP contribution in [0, 0.1) is 0 Å². The van der Waals surface area contributed by atoms with E-state index in [0.717, 1.165) is 44.2 Å². The monoisotopic (exact) mass is 552 g/mol. The molecule has 2 aliphatic heterocycles. The summed E-state index contributed by atoms with van der Waals surface area (Å²) in [6, 6.07) is 28.5. The van der Waals surface area contributed by atoms with Crippen LogP contribution >= 0.6 is 0 Å². The van der Waals surface area contributed by atoms with E-state index in [4.69, 9.17) is 9.47 Å². The fourth-order valence-electron chi connectivity index (χ4n) is 6.15. The van der Waals surface area contributed by atoms with Crippen molar-refractivity contribution in [3.8, 4) is 11.5 Å². The van der Waals surface area contributed by atoms with Gasteiger partial charge in [-0.3, -0.25) is 9.80 Å². The maximum Gasteiger partial charge on any atom is 0.119 e. The summed E-state index contributed by atoms with van der Waals surface area (Å²) in [7, 11) is 0. The van der Waals surface area contributed by atoms with Crippen LogP contribution in [-0.4, -0.2) is 62.3 Å². The molecule has 218 valence electrons. The molecule has 3 aromatic carbocycles. The first-order valence-corrected chi connectivity index (χ1v) is 16.0. The van der Waals surface area contributed by atoms with Gasteiger partial charge in [0.05, 0.1) is 0 Å². The van der Waals surface area contributed by atoms with E-state index in [-0.39, 0.29) is 0 Å². The van der Waals surface area contributed by atoms with Gasteiger partial charge in [0.25, 0.3) is 0 Å². The van der Waals surface area contributed by atoms with E-state index < -0.39 is 0 Å². The quantitative estimate of drug-likeness (QED) is 0.140. The molecule has 3 aromatic rings. The molecule has 2 aliphatic rings. The fourth-order valence-corrected chi connectivity index (χ4v) is 6.15. The van der Waals surface area contributed by atoms with Gasteiger partial charge in [-0.05, 0) is 117 Å². The lowest BCUT2D eigenvalue weighted by Crippen LogP contribution is -2.25. The highest BCUT2D eigenvalue weighted by molar-refractivity contribution is 5.98. The lowest BCUT2D eigenvalue weighted by molar-refractivity contribution is 0.237. The van der Waals surface area contributed by atoms with Crippen molar-refractivity contribution in [2.24, 2.45) is 0 Å². The second-order valence-corrected chi connectivity index (χ2v) is 11.5. The summed E-state index contributed by atoms with van der Waals surface area (Å²) in [6.07, 6.45) is 9.95. The highest BCUT2D eigenvalue weighted by Crippen LogP contribution is 2.37. The Kier molecular flexibility index (Phi) is 11.3. The largest absolute Gasteiger partial charge is 0.492 e. The Morgan fingerprint density at radius 2 is 1.07 bits per heavy atom. The van der Waals surface area contributed by atoms with Crippen molar-refractivity contribution in [2.75, 3.05) is 52.5 Å². The Labute approximate surface area is 248 Å². The van der Waals surface area contributed by atoms with Crippen LogP contribution in [0.4, 0.5) is 0 Å². The van der Waals surface area contributed by atoms with Gasteiger partial charge in [0.1, 0.15) is 24.7 Å². The van der Waals surface area contributed by atoms with E-state index in [1.54, 1.807) is 0 Å². The summed E-state index contributed by atoms with van der Waals surface area (Å²) in [5, 5.41) is 0. The Hall–Kier alpha value is -3.08. The molecule has 0 radical (unpaired) electrons. The third-order valence-electron chi connectivity index (χ3n) is 8.49. The minimum absolute atomic E-state index is 0.744. The van der Waals surface area contributed by atoms with Gasteiger partial charge < -0.3 is 9.47 Å². The van der Waals surface area contributed by atoms with Crippen molar-refractivity contribution in [1.29, 1.82) is 0 Å². The highest BCUT2D eigenvalue weighted by Gasteiger charge is 2.16. The molecule has 0 N–H and O–H groups in total. The standard InChI is InChI=1S/C37H48N2O2/c1-2-3-5-14-36(31-12-6-4-7-13-31)37(32-15-19-34(20-16-32)40-29-27-38-23-8-9-24-38)33-17-21-35(22-18-33)41-30-28-39-25-10-11-26-39/h4,6-7,12-13,15-22H,2-3,5,8-11,14,23-30H2,1H3. The third kappa shape index (κ3) is 8.70. The van der Waals surface area contributed by atoms with Crippen molar-refractivity contribution >= 4 is 11.1 Å². The van der Waals surface area contributed by atoms with Crippen LogP contribution in [-0.2, 0) is 0 Å². The number of unbranched alkanes of at least 4 members (excludes halogenated alkanes) is 2. The molecule has 41 heavy (non-hydrogen) atoms. The van der Waals surface area contributed by atoms with Gasteiger partial charge in [-0.15, -0.1) is 0 Å². The summed E-state index contributed by atoms with van der Waals surface area (Å²) >= 11 is 0. The van der Waals surface area contributed by atoms with Crippen LogP contribution in [0.3, 0.4) is 0 Å². The number of hydrogen-bond donors (Lipinski definition) is 0. The molecule has 0 atom stereocenters. The van der Waals surface area contributed by atoms with Gasteiger partial charge in [0.2, 0.25) is 0 Å². The SMILES string of the molecule is CCCCCC(=C(c1ccc(OCCN2CCCC2)cc1)c1ccc(OCCN2CCCC2)cc1)c1ccccc1. The van der Waals surface area contributed by atoms with Gasteiger partial charge >= 0.3 is 0 Å². The van der Waals surface area contributed by atoms with Crippen LogP contribution in [0.15, 0.2) is 78.9 Å². The zero-order valence-corrected chi connectivity index (χ0v) is 25.0. The molecule has 2 saturated heterocycles. The Balaban J connectivity index is 1.38. The average Bonchev–Trinajstić information content (AvgIpc) is 3.74. The van der Waals surface area contributed by atoms with Gasteiger partial charge in [0.15, 0.2) is 0 Å². The summed E-state index contributed by atoms with van der Waals surface area (Å²) in [4.78, 5) is 4.99. The summed E-state index contributed by atoms with van der Waals surface area (Å²) in [5.41, 5.74) is 6.48. The molecule has 0 aromatic heterocycles. The fraction of sp³-hybridized carbons (Fsp3) is 0.459. The molecule has 0 unspecified atom stereocenters. The maximum atomic E-state index is 6.15. The van der Waals surface area contributed by atoms with Gasteiger partial charge in [-0.1, -0.05) is 74.4 Å². The second-order valence-electron chi connectivity index (χ2n) is 11.5. The van der Waals surface area contributed by atoms with Crippen molar-refractivity contribution in [1.82, 2.24) is 9.80 Å². The first-order valence-electron chi connectivity index (χ1n) is 16.0. The van der Waals surface area contributed by atoms with E-state index in [9.17, 15) is 0 Å². The highest BCUT2D eigenvalue weighted by atomic mass is 16.5. The normalized spacial score (nSPS) is 15.7. The Bertz CT molecular complexity index is 1120. The third-order valence-corrected chi connectivity index (χ3v) is 8.49. The predicted molar refractivity (Wildman–Crippen MR) is 172 cm³/mol. The number of ether oxygens (including phenoxy) is 2. The molecule has 2 fully saturated rings. The van der Waals surface area contributed by atoms with Gasteiger partial charge in [0, 0.05) is 13.1 Å². The smallest absolute Gasteiger partial charge is 0.119 e. The molecule has 2 heterocycles. The molecule has 4 heteroatoms. The first-order chi connectivity index (χ1) is 20.3. The molecule has 0 spiro atoms. The van der Waals surface area contributed by atoms with Crippen molar-refractivity contribution in [2.45, 2.75) is 58.3 Å². The minimum atomic E-state index is 0.744. The molecular weight excluding hydrogens is 504 g/mol. The number of allylic oxidation sites excluding steroid dienone is 1. The summed E-state index contributed by atoms with van der Waals surface area (Å²) in [6.45, 7) is 10.6. The van der Waals surface area contributed by atoms with Crippen LogP contribution in [0.1, 0.15) is 75.0 Å². The van der Waals surface area contributed by atoms with Crippen molar-refractivity contribution in [3.05, 3.63) is 95.6 Å². The van der Waals surface area contributed by atoms with Crippen LogP contribution < -0.4 is 9.47 Å². The van der Waals surface area contributed by atoms with Crippen LogP contribution in [0.2, 0.25) is 0 Å². The number of benzene rings is 3. The Morgan fingerprint density at radius 3 is 1.54 bits per heavy atom. The zero-order valence-electron chi connectivity index (χ0n) is 25.0. The second kappa shape index (κ2) is 15.8. The summed E-state index contributed by atoms with van der Waals surface area (Å²) < 4.78 is 12.3. The number of nitrogens with zero attached hydrogens (tertiary/aromatic N) is 2. The van der Waals surface area contributed by atoms with Crippen LogP contribution in [0.25, 0.3) is 11.1 Å². The molecular formula is C37H48N2O2. The number of hydrogen-bond acceptors (Lipinski definition) is 4. The maximum absolute atomic E-state index is 6.15. The molecule has 0 saturated carbocycles. The van der Waals surface area contributed by atoms with Crippen LogP contribution in [0.5, 0.6) is 11.5 Å². The molecule has 4 nitrogen and oxygen atoms in total. The molecule has 5 rings (SSSR count). The predicted octanol–water partition coefficient (Wildman–Crippen LogP) is 8.18. The minimum Gasteiger partial charge on any atom is -0.492 e. The lowest BCUT2D eigenvalue weighted by Gasteiger charge is -2.19. The topological polar surface area (TPSA) is 24.9 Å². The first kappa shape index (κ1) is 29.4. The van der Waals surface area contributed by atoms with Crippen molar-refractivity contribution < 1.29 is 9.47 Å². The average molecular weight is 553 g/mol. The molecule has 0 aliphatic carbocycles. The summed E-state index contributed by atoms with van der Waals surface area (Å²) in [5.74, 6) is 1.89. The number of likely N-dealkylation sites (tertiary alicyclic amines) is 2. The molecule has 0 amide bonds. The van der Waals surface area contributed by atoms with E-state index >= 15 is 0 Å². The van der Waals surface area contributed by atoms with E-state index in [0.29, 0.717) is 0 Å². The lowest BCUT2D eigenvalue weighted by atomic mass is 9.87. The molecule has 0 bridgehead atoms. The van der Waals surface area contributed by atoms with Crippen molar-refractivity contribution in [3.63, 3.8) is 0 Å². The van der Waals surface area contributed by atoms with Gasteiger partial charge in [-0.2, -0.15) is 0 Å². The number of rotatable bonds is 15. The van der Waals surface area contributed by atoms with Gasteiger partial charge in [-0.25, -0.2) is 0 Å². The van der Waals surface area contributed by atoms with E-state index in [2.05, 4.69) is 95.6 Å². The Morgan fingerprint density at radius 1 is 0.585 bits per heavy atom.